The monoisotopic (exact) mass is 371 g/mol. The van der Waals surface area contributed by atoms with E-state index in [-0.39, 0.29) is 23.7 Å². The van der Waals surface area contributed by atoms with Crippen LogP contribution >= 0.6 is 11.3 Å². The minimum absolute atomic E-state index is 0.0480. The van der Waals surface area contributed by atoms with Gasteiger partial charge >= 0.3 is 0 Å². The van der Waals surface area contributed by atoms with Crippen LogP contribution < -0.4 is 4.74 Å². The number of thiophene rings is 1. The van der Waals surface area contributed by atoms with E-state index in [0.29, 0.717) is 17.9 Å². The number of amides is 1. The molecule has 0 aliphatic carbocycles. The number of rotatable bonds is 5. The topological polar surface area (TPSA) is 46.6 Å². The lowest BCUT2D eigenvalue weighted by molar-refractivity contribution is 0.0640. The van der Waals surface area contributed by atoms with Gasteiger partial charge in [0, 0.05) is 24.6 Å². The number of piperidine rings is 1. The van der Waals surface area contributed by atoms with Crippen molar-refractivity contribution in [3.63, 3.8) is 0 Å². The number of hydrogen-bond donors (Lipinski definition) is 0. The molecule has 2 aromatic rings. The van der Waals surface area contributed by atoms with Gasteiger partial charge in [-0.3, -0.25) is 9.59 Å². The average Bonchev–Trinajstić information content (AvgIpc) is 3.06. The van der Waals surface area contributed by atoms with Crippen LogP contribution in [0.1, 0.15) is 52.3 Å². The lowest BCUT2D eigenvalue weighted by atomic mass is 9.89. The highest BCUT2D eigenvalue weighted by Gasteiger charge is 2.30. The van der Waals surface area contributed by atoms with Crippen molar-refractivity contribution in [2.24, 2.45) is 5.92 Å². The summed E-state index contributed by atoms with van der Waals surface area (Å²) in [4.78, 5) is 28.4. The predicted octanol–water partition coefficient (Wildman–Crippen LogP) is 4.58. The smallest absolute Gasteiger partial charge is 0.264 e. The number of ketones is 1. The molecule has 0 bridgehead atoms. The number of ether oxygens (including phenoxy) is 1. The van der Waals surface area contributed by atoms with Gasteiger partial charge in [0.1, 0.15) is 5.75 Å². The first-order valence-electron chi connectivity index (χ1n) is 9.10. The second-order valence-corrected chi connectivity index (χ2v) is 8.00. The number of nitrogens with zero attached hydrogens (tertiary/aromatic N) is 1. The van der Waals surface area contributed by atoms with Crippen LogP contribution in [0.3, 0.4) is 0 Å². The predicted molar refractivity (Wildman–Crippen MR) is 104 cm³/mol. The number of likely N-dealkylation sites (tertiary alicyclic amines) is 1. The number of benzene rings is 1. The van der Waals surface area contributed by atoms with Crippen molar-refractivity contribution in [3.05, 3.63) is 51.7 Å². The second kappa shape index (κ2) is 8.04. The van der Waals surface area contributed by atoms with Crippen molar-refractivity contribution >= 4 is 23.0 Å². The number of carbonyl (C=O) groups excluding carboxylic acids is 2. The fourth-order valence-corrected chi connectivity index (χ4v) is 4.23. The van der Waals surface area contributed by atoms with Gasteiger partial charge < -0.3 is 9.64 Å². The van der Waals surface area contributed by atoms with Crippen LogP contribution in [0.15, 0.2) is 35.7 Å². The first kappa shape index (κ1) is 18.6. The van der Waals surface area contributed by atoms with Crippen LogP contribution in [0.5, 0.6) is 5.75 Å². The van der Waals surface area contributed by atoms with Crippen molar-refractivity contribution < 1.29 is 14.3 Å². The molecule has 1 aliphatic rings. The van der Waals surface area contributed by atoms with Gasteiger partial charge in [-0.1, -0.05) is 12.1 Å². The maximum absolute atomic E-state index is 13.0. The normalized spacial score (nSPS) is 17.4. The van der Waals surface area contributed by atoms with Gasteiger partial charge in [-0.25, -0.2) is 0 Å². The van der Waals surface area contributed by atoms with E-state index in [1.165, 1.54) is 11.3 Å². The molecule has 1 aromatic carbocycles. The summed E-state index contributed by atoms with van der Waals surface area (Å²) in [5.74, 6) is 0.706. The van der Waals surface area contributed by atoms with Crippen molar-refractivity contribution in [2.45, 2.75) is 39.7 Å². The van der Waals surface area contributed by atoms with Crippen LogP contribution in [0.2, 0.25) is 0 Å². The Hall–Kier alpha value is -2.14. The van der Waals surface area contributed by atoms with Gasteiger partial charge in [-0.05, 0) is 62.8 Å². The molecule has 26 heavy (non-hydrogen) atoms. The van der Waals surface area contributed by atoms with E-state index < -0.39 is 0 Å². The van der Waals surface area contributed by atoms with Crippen LogP contribution in [0, 0.1) is 12.8 Å². The molecule has 1 fully saturated rings. The van der Waals surface area contributed by atoms with Gasteiger partial charge in [0.25, 0.3) is 5.91 Å². The molecule has 1 atom stereocenters. The summed E-state index contributed by atoms with van der Waals surface area (Å²) in [6.07, 6.45) is 1.74. The Morgan fingerprint density at radius 3 is 2.77 bits per heavy atom. The molecule has 0 radical (unpaired) electrons. The summed E-state index contributed by atoms with van der Waals surface area (Å²) < 4.78 is 5.70. The van der Waals surface area contributed by atoms with Crippen LogP contribution in [0.25, 0.3) is 0 Å². The van der Waals surface area contributed by atoms with Gasteiger partial charge in [0.05, 0.1) is 11.0 Å². The van der Waals surface area contributed by atoms with Gasteiger partial charge in [0.15, 0.2) is 5.78 Å². The third-order valence-electron chi connectivity index (χ3n) is 4.63. The zero-order valence-electron chi connectivity index (χ0n) is 15.5. The summed E-state index contributed by atoms with van der Waals surface area (Å²) in [5, 5.41) is 1.94. The molecular formula is C21H25NO3S. The number of Topliss-reactive ketones (excluding diaryl/α,β-unsaturated/α-hetero) is 1. The van der Waals surface area contributed by atoms with Gasteiger partial charge in [0.2, 0.25) is 0 Å². The molecule has 1 aromatic heterocycles. The summed E-state index contributed by atoms with van der Waals surface area (Å²) in [6.45, 7) is 7.09. The standard InChI is InChI=1S/C21H25NO3S/c1-14(2)25-18-8-4-6-16(12-18)19(23)17-7-5-10-22(13-17)21(24)20-15(3)9-11-26-20/h4,6,8-9,11-12,14,17H,5,7,10,13H2,1-3H3/t17-/m1/s1. The summed E-state index contributed by atoms with van der Waals surface area (Å²) in [7, 11) is 0. The van der Waals surface area contributed by atoms with Crippen molar-refractivity contribution in [2.75, 3.05) is 13.1 Å². The van der Waals surface area contributed by atoms with E-state index in [4.69, 9.17) is 4.74 Å². The largest absolute Gasteiger partial charge is 0.491 e. The first-order valence-corrected chi connectivity index (χ1v) is 9.98. The third-order valence-corrected chi connectivity index (χ3v) is 5.63. The molecule has 0 unspecified atom stereocenters. The Labute approximate surface area is 158 Å². The Morgan fingerprint density at radius 2 is 2.08 bits per heavy atom. The van der Waals surface area contributed by atoms with E-state index >= 15 is 0 Å². The highest BCUT2D eigenvalue weighted by molar-refractivity contribution is 7.12. The Bertz CT molecular complexity index is 796. The fraction of sp³-hybridized carbons (Fsp3) is 0.429. The second-order valence-electron chi connectivity index (χ2n) is 7.08. The molecule has 1 amide bonds. The molecule has 1 aliphatic heterocycles. The van der Waals surface area contributed by atoms with E-state index in [2.05, 4.69) is 0 Å². The van der Waals surface area contributed by atoms with Crippen LogP contribution in [0.4, 0.5) is 0 Å². The maximum atomic E-state index is 13.0. The minimum Gasteiger partial charge on any atom is -0.491 e. The Morgan fingerprint density at radius 1 is 1.27 bits per heavy atom. The molecular weight excluding hydrogens is 346 g/mol. The molecule has 0 spiro atoms. The SMILES string of the molecule is Cc1ccsc1C(=O)N1CCC[C@@H](C(=O)c2cccc(OC(C)C)c2)C1. The molecule has 4 nitrogen and oxygen atoms in total. The lowest BCUT2D eigenvalue weighted by Crippen LogP contribution is -2.42. The number of hydrogen-bond acceptors (Lipinski definition) is 4. The molecule has 0 N–H and O–H groups in total. The lowest BCUT2D eigenvalue weighted by Gasteiger charge is -2.32. The van der Waals surface area contributed by atoms with E-state index in [0.717, 1.165) is 29.8 Å². The minimum atomic E-state index is -0.151. The van der Waals surface area contributed by atoms with Gasteiger partial charge in [-0.15, -0.1) is 11.3 Å². The van der Waals surface area contributed by atoms with Crippen molar-refractivity contribution in [1.29, 1.82) is 0 Å². The quantitative estimate of drug-likeness (QED) is 0.723. The molecule has 3 rings (SSSR count). The number of carbonyl (C=O) groups is 2. The van der Waals surface area contributed by atoms with Crippen LogP contribution in [-0.4, -0.2) is 35.8 Å². The van der Waals surface area contributed by atoms with Crippen molar-refractivity contribution in [3.8, 4) is 5.75 Å². The van der Waals surface area contributed by atoms with Gasteiger partial charge in [-0.2, -0.15) is 0 Å². The zero-order valence-corrected chi connectivity index (χ0v) is 16.3. The highest BCUT2D eigenvalue weighted by Crippen LogP contribution is 2.26. The van der Waals surface area contributed by atoms with E-state index in [9.17, 15) is 9.59 Å². The fourth-order valence-electron chi connectivity index (χ4n) is 3.34. The molecule has 0 saturated carbocycles. The first-order chi connectivity index (χ1) is 12.5. The highest BCUT2D eigenvalue weighted by atomic mass is 32.1. The molecule has 5 heteroatoms. The molecule has 138 valence electrons. The zero-order chi connectivity index (χ0) is 18.7. The van der Waals surface area contributed by atoms with Crippen LogP contribution in [-0.2, 0) is 0 Å². The Balaban J connectivity index is 1.72. The number of aryl methyl sites for hydroxylation is 1. The Kier molecular flexibility index (Phi) is 5.77. The van der Waals surface area contributed by atoms with Crippen molar-refractivity contribution in [1.82, 2.24) is 4.90 Å². The maximum Gasteiger partial charge on any atom is 0.264 e. The third kappa shape index (κ3) is 4.15. The molecule has 1 saturated heterocycles. The van der Waals surface area contributed by atoms with E-state index in [1.54, 1.807) is 0 Å². The summed E-state index contributed by atoms with van der Waals surface area (Å²) in [6, 6.07) is 9.33. The summed E-state index contributed by atoms with van der Waals surface area (Å²) >= 11 is 1.47. The molecule has 2 heterocycles. The average molecular weight is 372 g/mol. The van der Waals surface area contributed by atoms with E-state index in [1.807, 2.05) is 61.4 Å². The summed E-state index contributed by atoms with van der Waals surface area (Å²) in [5.41, 5.74) is 1.67.